The van der Waals surface area contributed by atoms with E-state index in [0.717, 1.165) is 64.9 Å². The Kier molecular flexibility index (Phi) is 8.73. The Hall–Kier alpha value is -1.47. The van der Waals surface area contributed by atoms with Crippen LogP contribution < -0.4 is 5.73 Å². The summed E-state index contributed by atoms with van der Waals surface area (Å²) in [5, 5.41) is 1.82. The van der Waals surface area contributed by atoms with Gasteiger partial charge < -0.3 is 15.2 Å². The summed E-state index contributed by atoms with van der Waals surface area (Å²) in [5.41, 5.74) is 6.80. The molecule has 1 aromatic rings. The maximum Gasteiger partial charge on any atom is 0.237 e. The van der Waals surface area contributed by atoms with Crippen molar-refractivity contribution >= 4 is 5.91 Å². The minimum Gasteiger partial charge on any atom is -0.381 e. The third-order valence-corrected chi connectivity index (χ3v) is 5.59. The van der Waals surface area contributed by atoms with Crippen molar-refractivity contribution in [1.82, 2.24) is 5.06 Å². The predicted molar refractivity (Wildman–Crippen MR) is 107 cm³/mol. The van der Waals surface area contributed by atoms with Crippen LogP contribution in [-0.4, -0.2) is 49.5 Å². The van der Waals surface area contributed by atoms with E-state index in [-0.39, 0.29) is 18.1 Å². The lowest BCUT2D eigenvalue weighted by molar-refractivity contribution is -0.175. The van der Waals surface area contributed by atoms with Crippen LogP contribution in [0.4, 0.5) is 0 Å². The molecule has 28 heavy (non-hydrogen) atoms. The van der Waals surface area contributed by atoms with E-state index >= 15 is 0 Å². The molecule has 2 aliphatic rings. The van der Waals surface area contributed by atoms with Crippen LogP contribution in [0.5, 0.6) is 0 Å². The van der Waals surface area contributed by atoms with E-state index in [4.69, 9.17) is 20.0 Å². The van der Waals surface area contributed by atoms with Gasteiger partial charge in [-0.3, -0.25) is 9.63 Å². The van der Waals surface area contributed by atoms with Crippen LogP contribution in [0.1, 0.15) is 50.5 Å². The molecule has 156 valence electrons. The fourth-order valence-electron chi connectivity index (χ4n) is 3.95. The molecule has 3 unspecified atom stereocenters. The Morgan fingerprint density at radius 2 is 2.00 bits per heavy atom. The van der Waals surface area contributed by atoms with Crippen LogP contribution in [0.25, 0.3) is 0 Å². The molecule has 6 nitrogen and oxygen atoms in total. The largest absolute Gasteiger partial charge is 0.381 e. The molecule has 1 amide bonds. The molecule has 2 heterocycles. The standard InChI is InChI=1S/C22H34N2O4/c23-22(25)21-14-20(28-24(21)15-19-11-13-27-17-19)10-6-1-2-7-12-26-16-18-8-4-3-5-9-18/h3-5,8-9,19-21H,1-2,6-7,10-17H2,(H2,23,25). The second-order valence-corrected chi connectivity index (χ2v) is 7.95. The minimum absolute atomic E-state index is 0.106. The number of amides is 1. The number of hydrogen-bond donors (Lipinski definition) is 1. The maximum absolute atomic E-state index is 11.8. The van der Waals surface area contributed by atoms with E-state index in [1.54, 1.807) is 0 Å². The number of nitrogens with zero attached hydrogens (tertiary/aromatic N) is 1. The molecule has 2 fully saturated rings. The lowest BCUT2D eigenvalue weighted by Crippen LogP contribution is -2.41. The number of hydroxylamine groups is 2. The third-order valence-electron chi connectivity index (χ3n) is 5.59. The molecule has 3 rings (SSSR count). The minimum atomic E-state index is -0.294. The van der Waals surface area contributed by atoms with Crippen molar-refractivity contribution in [2.75, 3.05) is 26.4 Å². The zero-order chi connectivity index (χ0) is 19.6. The SMILES string of the molecule is NC(=O)C1CC(CCCCCCOCc2ccccc2)ON1CC1CCOC1. The molecule has 2 saturated heterocycles. The fourth-order valence-corrected chi connectivity index (χ4v) is 3.95. The zero-order valence-electron chi connectivity index (χ0n) is 16.8. The number of ether oxygens (including phenoxy) is 2. The number of benzene rings is 1. The van der Waals surface area contributed by atoms with Crippen molar-refractivity contribution in [2.24, 2.45) is 11.7 Å². The molecule has 0 saturated carbocycles. The first-order chi connectivity index (χ1) is 13.7. The normalized spacial score (nSPS) is 25.4. The van der Waals surface area contributed by atoms with Gasteiger partial charge in [0.2, 0.25) is 5.91 Å². The second-order valence-electron chi connectivity index (χ2n) is 7.95. The summed E-state index contributed by atoms with van der Waals surface area (Å²) in [6.45, 7) is 3.78. The topological polar surface area (TPSA) is 74.0 Å². The van der Waals surface area contributed by atoms with Crippen molar-refractivity contribution in [3.63, 3.8) is 0 Å². The molecule has 0 spiro atoms. The van der Waals surface area contributed by atoms with Gasteiger partial charge in [-0.25, -0.2) is 0 Å². The quantitative estimate of drug-likeness (QED) is 0.555. The third kappa shape index (κ3) is 6.85. The first kappa shape index (κ1) is 21.2. The molecule has 2 N–H and O–H groups in total. The average Bonchev–Trinajstić information content (AvgIpc) is 3.35. The van der Waals surface area contributed by atoms with Crippen LogP contribution in [0, 0.1) is 5.92 Å². The van der Waals surface area contributed by atoms with Gasteiger partial charge in [-0.1, -0.05) is 49.6 Å². The first-order valence-corrected chi connectivity index (χ1v) is 10.6. The lowest BCUT2D eigenvalue weighted by Gasteiger charge is -2.23. The fraction of sp³-hybridized carbons (Fsp3) is 0.682. The highest BCUT2D eigenvalue weighted by atomic mass is 16.7. The Labute approximate surface area is 168 Å². The molecule has 6 heteroatoms. The molecule has 2 aliphatic heterocycles. The predicted octanol–water partition coefficient (Wildman–Crippen LogP) is 3.05. The van der Waals surface area contributed by atoms with E-state index in [1.165, 1.54) is 5.56 Å². The van der Waals surface area contributed by atoms with Gasteiger partial charge in [0.1, 0.15) is 6.04 Å². The van der Waals surface area contributed by atoms with Gasteiger partial charge in [-0.05, 0) is 30.7 Å². The number of nitrogens with two attached hydrogens (primary N) is 1. The van der Waals surface area contributed by atoms with Crippen LogP contribution >= 0.6 is 0 Å². The zero-order valence-corrected chi connectivity index (χ0v) is 16.8. The molecule has 0 radical (unpaired) electrons. The molecule has 3 atom stereocenters. The Morgan fingerprint density at radius 3 is 2.75 bits per heavy atom. The molecule has 0 aromatic heterocycles. The summed E-state index contributed by atoms with van der Waals surface area (Å²) in [7, 11) is 0. The highest BCUT2D eigenvalue weighted by molar-refractivity contribution is 5.79. The van der Waals surface area contributed by atoms with Crippen molar-refractivity contribution in [1.29, 1.82) is 0 Å². The summed E-state index contributed by atoms with van der Waals surface area (Å²) in [4.78, 5) is 17.8. The van der Waals surface area contributed by atoms with Crippen LogP contribution in [-0.2, 0) is 25.7 Å². The van der Waals surface area contributed by atoms with E-state index in [2.05, 4.69) is 12.1 Å². The van der Waals surface area contributed by atoms with Gasteiger partial charge >= 0.3 is 0 Å². The van der Waals surface area contributed by atoms with Gasteiger partial charge in [0, 0.05) is 26.2 Å². The summed E-state index contributed by atoms with van der Waals surface area (Å²) >= 11 is 0. The van der Waals surface area contributed by atoms with E-state index < -0.39 is 0 Å². The van der Waals surface area contributed by atoms with Gasteiger partial charge in [-0.15, -0.1) is 0 Å². The van der Waals surface area contributed by atoms with Crippen LogP contribution in [0.3, 0.4) is 0 Å². The smallest absolute Gasteiger partial charge is 0.237 e. The van der Waals surface area contributed by atoms with Crippen molar-refractivity contribution in [3.8, 4) is 0 Å². The number of unbranched alkanes of at least 4 members (excludes halogenated alkanes) is 3. The highest BCUT2D eigenvalue weighted by Crippen LogP contribution is 2.27. The summed E-state index contributed by atoms with van der Waals surface area (Å²) < 4.78 is 11.2. The van der Waals surface area contributed by atoms with E-state index in [0.29, 0.717) is 18.9 Å². The number of carbonyl (C=O) groups excluding carboxylic acids is 1. The van der Waals surface area contributed by atoms with Gasteiger partial charge in [0.15, 0.2) is 0 Å². The average molecular weight is 391 g/mol. The van der Waals surface area contributed by atoms with Gasteiger partial charge in [-0.2, -0.15) is 5.06 Å². The first-order valence-electron chi connectivity index (χ1n) is 10.6. The van der Waals surface area contributed by atoms with Crippen molar-refractivity contribution < 1.29 is 19.1 Å². The Bertz CT molecular complexity index is 577. The molecule has 0 bridgehead atoms. The summed E-state index contributed by atoms with van der Waals surface area (Å²) in [5.74, 6) is 0.161. The summed E-state index contributed by atoms with van der Waals surface area (Å²) in [6, 6.07) is 9.97. The number of carbonyl (C=O) groups is 1. The molecular weight excluding hydrogens is 356 g/mol. The van der Waals surface area contributed by atoms with Crippen molar-refractivity contribution in [3.05, 3.63) is 35.9 Å². The second kappa shape index (κ2) is 11.5. The Balaban J connectivity index is 1.24. The van der Waals surface area contributed by atoms with Crippen LogP contribution in [0.15, 0.2) is 30.3 Å². The molecule has 1 aromatic carbocycles. The summed E-state index contributed by atoms with van der Waals surface area (Å²) in [6.07, 6.45) is 7.33. The molecule has 0 aliphatic carbocycles. The Morgan fingerprint density at radius 1 is 1.18 bits per heavy atom. The van der Waals surface area contributed by atoms with Gasteiger partial charge in [0.25, 0.3) is 0 Å². The maximum atomic E-state index is 11.8. The van der Waals surface area contributed by atoms with Crippen molar-refractivity contribution in [2.45, 2.75) is 63.7 Å². The monoisotopic (exact) mass is 390 g/mol. The van der Waals surface area contributed by atoms with E-state index in [1.807, 2.05) is 23.3 Å². The molecular formula is C22H34N2O4. The number of primary amides is 1. The van der Waals surface area contributed by atoms with Crippen LogP contribution in [0.2, 0.25) is 0 Å². The highest BCUT2D eigenvalue weighted by Gasteiger charge is 2.38. The van der Waals surface area contributed by atoms with E-state index in [9.17, 15) is 4.79 Å². The lowest BCUT2D eigenvalue weighted by atomic mass is 10.0. The number of hydrogen-bond acceptors (Lipinski definition) is 5. The number of rotatable bonds is 12. The van der Waals surface area contributed by atoms with Gasteiger partial charge in [0.05, 0.1) is 19.3 Å².